The number of hydrogen-bond acceptors (Lipinski definition) is 4. The second-order valence-electron chi connectivity index (χ2n) is 4.75. The van der Waals surface area contributed by atoms with Gasteiger partial charge in [-0.1, -0.05) is 25.1 Å². The van der Waals surface area contributed by atoms with Crippen LogP contribution in [-0.2, 0) is 16.4 Å². The summed E-state index contributed by atoms with van der Waals surface area (Å²) in [5, 5.41) is 5.21. The molecule has 0 radical (unpaired) electrons. The first kappa shape index (κ1) is 15.3. The fourth-order valence-electron chi connectivity index (χ4n) is 2.10. The number of aryl methyl sites for hydroxylation is 1. The van der Waals surface area contributed by atoms with Crippen molar-refractivity contribution in [1.29, 1.82) is 0 Å². The summed E-state index contributed by atoms with van der Waals surface area (Å²) in [7, 11) is -3.85. The largest absolute Gasteiger partial charge is 0.457 e. The van der Waals surface area contributed by atoms with Crippen LogP contribution < -0.4 is 15.6 Å². The number of para-hydroxylation sites is 1. The summed E-state index contributed by atoms with van der Waals surface area (Å²) in [6, 6.07) is 10.5. The third kappa shape index (κ3) is 3.34. The topological polar surface area (TPSA) is 95.4 Å². The Morgan fingerprint density at radius 3 is 2.43 bits per heavy atom. The third-order valence-corrected chi connectivity index (χ3v) is 4.25. The number of primary sulfonamides is 1. The van der Waals surface area contributed by atoms with E-state index >= 15 is 0 Å². The fraction of sp³-hybridized carbons (Fsp3) is 0.200. The molecule has 0 bridgehead atoms. The fourth-order valence-corrected chi connectivity index (χ4v) is 2.93. The predicted octanol–water partition coefficient (Wildman–Crippen LogP) is 2.58. The van der Waals surface area contributed by atoms with Crippen LogP contribution in [0, 0.1) is 6.92 Å². The minimum Gasteiger partial charge on any atom is -0.457 e. The highest BCUT2D eigenvalue weighted by atomic mass is 32.2. The van der Waals surface area contributed by atoms with E-state index in [0.717, 1.165) is 12.0 Å². The Morgan fingerprint density at radius 2 is 1.81 bits per heavy atom. The Labute approximate surface area is 124 Å². The van der Waals surface area contributed by atoms with Gasteiger partial charge in [-0.15, -0.1) is 0 Å². The Balaban J connectivity index is 2.53. The van der Waals surface area contributed by atoms with Crippen LogP contribution in [0.3, 0.4) is 0 Å². The first-order chi connectivity index (χ1) is 9.82. The molecule has 0 aliphatic carbocycles. The number of ether oxygens (including phenoxy) is 1. The molecule has 0 unspecified atom stereocenters. The molecule has 2 aromatic carbocycles. The van der Waals surface area contributed by atoms with E-state index in [-0.39, 0.29) is 10.6 Å². The van der Waals surface area contributed by atoms with Gasteiger partial charge in [0.2, 0.25) is 10.0 Å². The first-order valence-electron chi connectivity index (χ1n) is 6.51. The number of nitrogen functional groups attached to an aromatic ring is 1. The highest BCUT2D eigenvalue weighted by Crippen LogP contribution is 2.33. The van der Waals surface area contributed by atoms with Crippen molar-refractivity contribution in [3.05, 3.63) is 47.5 Å². The quantitative estimate of drug-likeness (QED) is 0.849. The van der Waals surface area contributed by atoms with E-state index in [1.165, 1.54) is 6.07 Å². The number of rotatable bonds is 4. The second-order valence-corrected chi connectivity index (χ2v) is 6.28. The molecule has 112 valence electrons. The van der Waals surface area contributed by atoms with E-state index < -0.39 is 10.0 Å². The lowest BCUT2D eigenvalue weighted by Crippen LogP contribution is -2.14. The number of anilines is 1. The van der Waals surface area contributed by atoms with Crippen LogP contribution in [0.5, 0.6) is 11.5 Å². The van der Waals surface area contributed by atoms with Crippen LogP contribution in [-0.4, -0.2) is 8.42 Å². The molecule has 0 heterocycles. The van der Waals surface area contributed by atoms with Crippen molar-refractivity contribution >= 4 is 15.7 Å². The van der Waals surface area contributed by atoms with Gasteiger partial charge in [-0.25, -0.2) is 13.6 Å². The first-order valence-corrected chi connectivity index (χ1v) is 8.06. The minimum absolute atomic E-state index is 0.0218. The second kappa shape index (κ2) is 5.75. The Hall–Kier alpha value is -2.05. The van der Waals surface area contributed by atoms with Crippen molar-refractivity contribution in [2.45, 2.75) is 25.2 Å². The normalized spacial score (nSPS) is 11.4. The summed E-state index contributed by atoms with van der Waals surface area (Å²) >= 11 is 0. The summed E-state index contributed by atoms with van der Waals surface area (Å²) in [6.07, 6.45) is 0.805. The lowest BCUT2D eigenvalue weighted by Gasteiger charge is -2.14. The predicted molar refractivity (Wildman–Crippen MR) is 82.9 cm³/mol. The smallest absolute Gasteiger partial charge is 0.238 e. The van der Waals surface area contributed by atoms with Crippen LogP contribution in [0.25, 0.3) is 0 Å². The van der Waals surface area contributed by atoms with Gasteiger partial charge in [0.1, 0.15) is 11.5 Å². The van der Waals surface area contributed by atoms with Crippen molar-refractivity contribution in [2.24, 2.45) is 5.14 Å². The average Bonchev–Trinajstić information content (AvgIpc) is 2.42. The lowest BCUT2D eigenvalue weighted by molar-refractivity contribution is 0.471. The van der Waals surface area contributed by atoms with Crippen LogP contribution >= 0.6 is 0 Å². The summed E-state index contributed by atoms with van der Waals surface area (Å²) in [4.78, 5) is -0.0218. The summed E-state index contributed by atoms with van der Waals surface area (Å²) in [6.45, 7) is 3.66. The Kier molecular flexibility index (Phi) is 4.20. The van der Waals surface area contributed by atoms with Gasteiger partial charge in [0.25, 0.3) is 0 Å². The number of nitrogens with two attached hydrogens (primary N) is 2. The van der Waals surface area contributed by atoms with Gasteiger partial charge in [-0.3, -0.25) is 0 Å². The van der Waals surface area contributed by atoms with Gasteiger partial charge < -0.3 is 10.5 Å². The molecular formula is C15H18N2O3S. The standard InChI is InChI=1S/C15H18N2O3S/c1-3-11-6-4-5-7-13(11)20-14-8-12(16)9-15(10(14)2)21(17,18)19/h4-9H,3,16H2,1-2H3,(H2,17,18,19). The summed E-state index contributed by atoms with van der Waals surface area (Å²) in [5.41, 5.74) is 7.50. The summed E-state index contributed by atoms with van der Waals surface area (Å²) in [5.74, 6) is 1.06. The van der Waals surface area contributed by atoms with Gasteiger partial charge in [-0.2, -0.15) is 0 Å². The third-order valence-electron chi connectivity index (χ3n) is 3.21. The molecule has 4 N–H and O–H groups in total. The van der Waals surface area contributed by atoms with Crippen molar-refractivity contribution in [2.75, 3.05) is 5.73 Å². The molecule has 0 saturated carbocycles. The van der Waals surface area contributed by atoms with E-state index in [1.807, 2.05) is 31.2 Å². The molecule has 6 heteroatoms. The van der Waals surface area contributed by atoms with E-state index in [1.54, 1.807) is 13.0 Å². The minimum atomic E-state index is -3.85. The van der Waals surface area contributed by atoms with E-state index in [2.05, 4.69) is 0 Å². The van der Waals surface area contributed by atoms with E-state index in [4.69, 9.17) is 15.6 Å². The molecule has 2 rings (SSSR count). The maximum Gasteiger partial charge on any atom is 0.238 e. The number of hydrogen-bond donors (Lipinski definition) is 2. The molecule has 0 aromatic heterocycles. The molecule has 21 heavy (non-hydrogen) atoms. The zero-order valence-electron chi connectivity index (χ0n) is 12.0. The Bertz CT molecular complexity index is 770. The van der Waals surface area contributed by atoms with Gasteiger partial charge in [0, 0.05) is 17.3 Å². The molecule has 0 saturated heterocycles. The van der Waals surface area contributed by atoms with Crippen molar-refractivity contribution in [3.8, 4) is 11.5 Å². The molecule has 0 aliphatic heterocycles. The lowest BCUT2D eigenvalue weighted by atomic mass is 10.1. The van der Waals surface area contributed by atoms with Crippen LogP contribution in [0.2, 0.25) is 0 Å². The zero-order valence-corrected chi connectivity index (χ0v) is 12.8. The van der Waals surface area contributed by atoms with E-state index in [9.17, 15) is 8.42 Å². The molecule has 5 nitrogen and oxygen atoms in total. The zero-order chi connectivity index (χ0) is 15.6. The van der Waals surface area contributed by atoms with Gasteiger partial charge in [0.05, 0.1) is 4.90 Å². The molecule has 0 spiro atoms. The molecular weight excluding hydrogens is 288 g/mol. The van der Waals surface area contributed by atoms with E-state index in [0.29, 0.717) is 17.1 Å². The van der Waals surface area contributed by atoms with Crippen LogP contribution in [0.15, 0.2) is 41.3 Å². The number of benzene rings is 2. The monoisotopic (exact) mass is 306 g/mol. The Morgan fingerprint density at radius 1 is 1.14 bits per heavy atom. The van der Waals surface area contributed by atoms with Crippen molar-refractivity contribution in [3.63, 3.8) is 0 Å². The molecule has 0 atom stereocenters. The number of sulfonamides is 1. The summed E-state index contributed by atoms with van der Waals surface area (Å²) < 4.78 is 29.0. The maximum absolute atomic E-state index is 11.6. The molecule has 0 amide bonds. The maximum atomic E-state index is 11.6. The van der Waals surface area contributed by atoms with Crippen LogP contribution in [0.1, 0.15) is 18.1 Å². The molecule has 0 aliphatic rings. The van der Waals surface area contributed by atoms with Crippen molar-refractivity contribution in [1.82, 2.24) is 0 Å². The highest BCUT2D eigenvalue weighted by Gasteiger charge is 2.17. The molecule has 2 aromatic rings. The van der Waals surface area contributed by atoms with Crippen LogP contribution in [0.4, 0.5) is 5.69 Å². The average molecular weight is 306 g/mol. The van der Waals surface area contributed by atoms with Crippen molar-refractivity contribution < 1.29 is 13.2 Å². The van der Waals surface area contributed by atoms with Gasteiger partial charge >= 0.3 is 0 Å². The molecule has 0 fully saturated rings. The van der Waals surface area contributed by atoms with Gasteiger partial charge in [0.15, 0.2) is 0 Å². The SMILES string of the molecule is CCc1ccccc1Oc1cc(N)cc(S(N)(=O)=O)c1C. The van der Waals surface area contributed by atoms with Gasteiger partial charge in [-0.05, 0) is 31.0 Å². The highest BCUT2D eigenvalue weighted by molar-refractivity contribution is 7.89.